The molecule has 0 unspecified atom stereocenters. The molecule has 9 nitrogen and oxygen atoms in total. The minimum absolute atomic E-state index is 0.188. The second kappa shape index (κ2) is 17.9. The van der Waals surface area contributed by atoms with Gasteiger partial charge in [-0.05, 0) is 75.3 Å². The lowest BCUT2D eigenvalue weighted by molar-refractivity contribution is -0.137. The minimum Gasteiger partial charge on any atom is -0.496 e. The fourth-order valence-electron chi connectivity index (χ4n) is 4.74. The van der Waals surface area contributed by atoms with Crippen LogP contribution in [0, 0.1) is 6.92 Å². The molecule has 1 aliphatic rings. The average Bonchev–Trinajstić information content (AvgIpc) is 3.02. The van der Waals surface area contributed by atoms with Crippen LogP contribution in [0.2, 0.25) is 0 Å². The molecule has 0 saturated heterocycles. The summed E-state index contributed by atoms with van der Waals surface area (Å²) in [5, 5.41) is 6.39. The molecule has 2 N–H and O–H groups in total. The summed E-state index contributed by atoms with van der Waals surface area (Å²) < 4.78 is 50.5. The van der Waals surface area contributed by atoms with Crippen LogP contribution in [0.15, 0.2) is 42.6 Å². The van der Waals surface area contributed by atoms with E-state index in [1.807, 2.05) is 36.8 Å². The van der Waals surface area contributed by atoms with Gasteiger partial charge in [0.05, 0.1) is 31.7 Å². The third kappa shape index (κ3) is 10.3. The van der Waals surface area contributed by atoms with E-state index in [0.29, 0.717) is 47.6 Å². The highest BCUT2D eigenvalue weighted by atomic mass is 19.4. The maximum Gasteiger partial charge on any atom is 0.416 e. The molecule has 12 heteroatoms. The van der Waals surface area contributed by atoms with Crippen molar-refractivity contribution in [3.8, 4) is 11.5 Å². The number of nitrogens with zero attached hydrogens (tertiary/aromatic N) is 4. The molecule has 0 aliphatic carbocycles. The predicted molar refractivity (Wildman–Crippen MR) is 170 cm³/mol. The number of rotatable bonds is 11. The zero-order valence-electron chi connectivity index (χ0n) is 26.6. The molecular formula is C32H45F3N6O3. The van der Waals surface area contributed by atoms with Crippen molar-refractivity contribution in [2.24, 2.45) is 0 Å². The van der Waals surface area contributed by atoms with Gasteiger partial charge in [-0.3, -0.25) is 0 Å². The minimum atomic E-state index is -4.44. The van der Waals surface area contributed by atoms with Crippen molar-refractivity contribution in [3.05, 3.63) is 59.3 Å². The molecule has 0 radical (unpaired) electrons. The molecule has 2 heterocycles. The van der Waals surface area contributed by atoms with E-state index in [9.17, 15) is 13.2 Å². The van der Waals surface area contributed by atoms with Gasteiger partial charge in [0.25, 0.3) is 0 Å². The van der Waals surface area contributed by atoms with Gasteiger partial charge in [0.1, 0.15) is 18.3 Å². The summed E-state index contributed by atoms with van der Waals surface area (Å²) in [6, 6.07) is 9.22. The van der Waals surface area contributed by atoms with Crippen molar-refractivity contribution < 1.29 is 27.4 Å². The number of aromatic nitrogens is 2. The lowest BCUT2D eigenvalue weighted by Gasteiger charge is -2.31. The van der Waals surface area contributed by atoms with Crippen molar-refractivity contribution in [2.45, 2.75) is 53.3 Å². The maximum atomic E-state index is 13.3. The second-order valence-corrected chi connectivity index (χ2v) is 10.1. The molecule has 44 heavy (non-hydrogen) atoms. The third-order valence-electron chi connectivity index (χ3n) is 6.84. The van der Waals surface area contributed by atoms with Crippen molar-refractivity contribution in [1.29, 1.82) is 0 Å². The van der Waals surface area contributed by atoms with Gasteiger partial charge in [0, 0.05) is 25.2 Å². The number of aryl methyl sites for hydroxylation is 1. The Morgan fingerprint density at radius 1 is 1.02 bits per heavy atom. The monoisotopic (exact) mass is 618 g/mol. The van der Waals surface area contributed by atoms with E-state index in [1.165, 1.54) is 45.7 Å². The molecular weight excluding hydrogens is 573 g/mol. The van der Waals surface area contributed by atoms with E-state index >= 15 is 0 Å². The van der Waals surface area contributed by atoms with E-state index in [2.05, 4.69) is 46.3 Å². The van der Waals surface area contributed by atoms with E-state index in [1.54, 1.807) is 13.3 Å². The van der Waals surface area contributed by atoms with Gasteiger partial charge in [-0.15, -0.1) is 0 Å². The number of nitrogens with one attached hydrogen (secondary N) is 2. The first-order valence-corrected chi connectivity index (χ1v) is 14.7. The SMILES string of the molecule is C=O.CCCN(CC)CCC.COc1ccc(C(F)(F)F)cc1CN1CCNc2ncc(Nc3ccc(C)cc3OC)nc21. The van der Waals surface area contributed by atoms with Gasteiger partial charge < -0.3 is 34.7 Å². The maximum absolute atomic E-state index is 13.3. The van der Waals surface area contributed by atoms with E-state index in [-0.39, 0.29) is 6.54 Å². The summed E-state index contributed by atoms with van der Waals surface area (Å²) in [6.45, 7) is 15.7. The van der Waals surface area contributed by atoms with Gasteiger partial charge in [0.15, 0.2) is 17.5 Å². The number of fused-ring (bicyclic) bond motifs is 1. The van der Waals surface area contributed by atoms with Crippen molar-refractivity contribution in [1.82, 2.24) is 14.9 Å². The molecule has 2 aromatic carbocycles. The number of methoxy groups -OCH3 is 2. The Hall–Kier alpha value is -4.06. The van der Waals surface area contributed by atoms with Crippen molar-refractivity contribution in [2.75, 3.05) is 62.5 Å². The van der Waals surface area contributed by atoms with Crippen LogP contribution in [-0.4, -0.2) is 68.6 Å². The summed E-state index contributed by atoms with van der Waals surface area (Å²) in [5.74, 6) is 2.64. The fraction of sp³-hybridized carbons (Fsp3) is 0.469. The van der Waals surface area contributed by atoms with E-state index in [0.717, 1.165) is 23.4 Å². The highest BCUT2D eigenvalue weighted by Crippen LogP contribution is 2.35. The van der Waals surface area contributed by atoms with Gasteiger partial charge in [-0.25, -0.2) is 9.97 Å². The first-order valence-electron chi connectivity index (χ1n) is 14.7. The smallest absolute Gasteiger partial charge is 0.416 e. The van der Waals surface area contributed by atoms with E-state index < -0.39 is 11.7 Å². The van der Waals surface area contributed by atoms with Crippen molar-refractivity contribution >= 4 is 29.9 Å². The molecule has 1 aliphatic heterocycles. The molecule has 0 fully saturated rings. The van der Waals surface area contributed by atoms with Gasteiger partial charge in [-0.2, -0.15) is 13.2 Å². The van der Waals surface area contributed by atoms with Crippen molar-refractivity contribution in [3.63, 3.8) is 0 Å². The second-order valence-electron chi connectivity index (χ2n) is 10.1. The van der Waals surface area contributed by atoms with Crippen LogP contribution in [0.4, 0.5) is 36.3 Å². The number of carbonyl (C=O) groups is 1. The standard InChI is InChI=1S/C23H24F3N5O2.C8H19N.CH2O/c1-14-4-6-17(19(10-14)33-3)29-20-12-28-21-22(30-20)31(9-8-27-21)13-15-11-16(23(24,25)26)5-7-18(15)32-2;1-4-7-9(6-3)8-5-2;1-2/h4-7,10-12H,8-9,13H2,1-3H3,(H,27,28)(H,29,30);4-8H2,1-3H3;1H2. The Bertz CT molecular complexity index is 1300. The lowest BCUT2D eigenvalue weighted by atomic mass is 10.1. The van der Waals surface area contributed by atoms with Crippen LogP contribution < -0.4 is 25.0 Å². The van der Waals surface area contributed by atoms with Gasteiger partial charge in [0.2, 0.25) is 0 Å². The number of alkyl halides is 3. The number of anilines is 4. The summed E-state index contributed by atoms with van der Waals surface area (Å²) in [4.78, 5) is 21.5. The molecule has 242 valence electrons. The Labute approximate surface area is 258 Å². The van der Waals surface area contributed by atoms with Crippen LogP contribution in [0.5, 0.6) is 11.5 Å². The zero-order chi connectivity index (χ0) is 32.7. The highest BCUT2D eigenvalue weighted by Gasteiger charge is 2.31. The molecule has 0 amide bonds. The Morgan fingerprint density at radius 2 is 1.70 bits per heavy atom. The first-order chi connectivity index (χ1) is 21.1. The van der Waals surface area contributed by atoms with E-state index in [4.69, 9.17) is 14.3 Å². The van der Waals surface area contributed by atoms with Crippen LogP contribution in [0.25, 0.3) is 0 Å². The topological polar surface area (TPSA) is 91.9 Å². The van der Waals surface area contributed by atoms with Crippen LogP contribution in [0.1, 0.15) is 50.3 Å². The summed E-state index contributed by atoms with van der Waals surface area (Å²) in [7, 11) is 3.03. The fourth-order valence-corrected chi connectivity index (χ4v) is 4.74. The molecule has 0 bridgehead atoms. The Morgan fingerprint density at radius 3 is 2.30 bits per heavy atom. The summed E-state index contributed by atoms with van der Waals surface area (Å²) in [5.41, 5.74) is 1.48. The predicted octanol–water partition coefficient (Wildman–Crippen LogP) is 6.94. The van der Waals surface area contributed by atoms with Gasteiger partial charge >= 0.3 is 6.18 Å². The first kappa shape index (κ1) is 36.1. The Balaban J connectivity index is 0.000000529. The molecule has 1 aromatic heterocycles. The molecule has 0 atom stereocenters. The number of hydrogen-bond donors (Lipinski definition) is 2. The largest absolute Gasteiger partial charge is 0.496 e. The zero-order valence-corrected chi connectivity index (χ0v) is 26.6. The van der Waals surface area contributed by atoms with Crippen LogP contribution in [0.3, 0.4) is 0 Å². The molecule has 4 rings (SSSR count). The van der Waals surface area contributed by atoms with Gasteiger partial charge in [-0.1, -0.05) is 26.8 Å². The number of benzene rings is 2. The summed E-state index contributed by atoms with van der Waals surface area (Å²) >= 11 is 0. The summed E-state index contributed by atoms with van der Waals surface area (Å²) in [6.07, 6.45) is -0.270. The lowest BCUT2D eigenvalue weighted by Crippen LogP contribution is -2.35. The number of carbonyl (C=O) groups excluding carboxylic acids is 1. The number of hydrogen-bond acceptors (Lipinski definition) is 9. The number of halogens is 3. The normalized spacial score (nSPS) is 12.2. The highest BCUT2D eigenvalue weighted by molar-refractivity contribution is 5.70. The molecule has 0 saturated carbocycles. The van der Waals surface area contributed by atoms with Crippen LogP contribution in [-0.2, 0) is 17.5 Å². The molecule has 3 aromatic rings. The average molecular weight is 619 g/mol. The van der Waals surface area contributed by atoms with Crippen LogP contribution >= 0.6 is 0 Å². The Kier molecular flexibility index (Phi) is 14.7. The third-order valence-corrected chi connectivity index (χ3v) is 6.84. The quantitative estimate of drug-likeness (QED) is 0.237. The number of ether oxygens (including phenoxy) is 2. The molecule has 0 spiro atoms.